The van der Waals surface area contributed by atoms with E-state index in [1.54, 1.807) is 6.07 Å². The van der Waals surface area contributed by atoms with Crippen LogP contribution in [0, 0.1) is 5.82 Å². The van der Waals surface area contributed by atoms with Gasteiger partial charge in [-0.3, -0.25) is 0 Å². The van der Waals surface area contributed by atoms with Crippen molar-refractivity contribution in [2.24, 2.45) is 0 Å². The molecular formula is C16H15FN2. The van der Waals surface area contributed by atoms with Gasteiger partial charge in [0, 0.05) is 13.1 Å². The van der Waals surface area contributed by atoms with Gasteiger partial charge in [-0.25, -0.2) is 4.39 Å². The van der Waals surface area contributed by atoms with Crippen LogP contribution in [-0.2, 0) is 6.42 Å². The molecule has 3 heteroatoms. The molecule has 2 aliphatic rings. The van der Waals surface area contributed by atoms with E-state index in [4.69, 9.17) is 0 Å². The Morgan fingerprint density at radius 1 is 1.11 bits per heavy atom. The lowest BCUT2D eigenvalue weighted by Gasteiger charge is -2.43. The van der Waals surface area contributed by atoms with Crippen molar-refractivity contribution in [1.29, 1.82) is 0 Å². The van der Waals surface area contributed by atoms with E-state index in [0.29, 0.717) is 11.7 Å². The second kappa shape index (κ2) is 3.98. The molecule has 2 nitrogen and oxygen atoms in total. The van der Waals surface area contributed by atoms with Gasteiger partial charge in [-0.2, -0.15) is 0 Å². The molecule has 0 bridgehead atoms. The van der Waals surface area contributed by atoms with E-state index in [0.717, 1.165) is 25.2 Å². The van der Waals surface area contributed by atoms with Gasteiger partial charge in [0.25, 0.3) is 0 Å². The van der Waals surface area contributed by atoms with Crippen molar-refractivity contribution in [2.45, 2.75) is 12.5 Å². The van der Waals surface area contributed by atoms with Gasteiger partial charge in [0.15, 0.2) is 0 Å². The van der Waals surface area contributed by atoms with Crippen molar-refractivity contribution in [3.8, 4) is 0 Å². The molecule has 1 N–H and O–H groups in total. The lowest BCUT2D eigenvalue weighted by Crippen LogP contribution is -2.42. The molecule has 2 aromatic rings. The Kier molecular flexibility index (Phi) is 2.28. The van der Waals surface area contributed by atoms with Gasteiger partial charge in [0.2, 0.25) is 0 Å². The molecule has 0 saturated heterocycles. The smallest absolute Gasteiger partial charge is 0.148 e. The Morgan fingerprint density at radius 2 is 2.00 bits per heavy atom. The first-order valence-corrected chi connectivity index (χ1v) is 6.71. The molecule has 2 aromatic carbocycles. The van der Waals surface area contributed by atoms with Gasteiger partial charge < -0.3 is 10.2 Å². The molecule has 1 atom stereocenters. The van der Waals surface area contributed by atoms with Gasteiger partial charge in [-0.05, 0) is 29.7 Å². The molecule has 0 fully saturated rings. The van der Waals surface area contributed by atoms with Crippen molar-refractivity contribution < 1.29 is 4.39 Å². The zero-order valence-electron chi connectivity index (χ0n) is 10.6. The Bertz CT molecular complexity index is 638. The summed E-state index contributed by atoms with van der Waals surface area (Å²) in [4.78, 5) is 2.33. The predicted octanol–water partition coefficient (Wildman–Crippen LogP) is 3.36. The molecule has 96 valence electrons. The summed E-state index contributed by atoms with van der Waals surface area (Å²) < 4.78 is 13.8. The van der Waals surface area contributed by atoms with Crippen LogP contribution in [0.25, 0.3) is 0 Å². The molecule has 2 heterocycles. The van der Waals surface area contributed by atoms with E-state index >= 15 is 0 Å². The van der Waals surface area contributed by atoms with Crippen molar-refractivity contribution in [3.05, 3.63) is 59.4 Å². The molecule has 2 aliphatic heterocycles. The number of halogens is 1. The van der Waals surface area contributed by atoms with E-state index in [9.17, 15) is 4.39 Å². The quantitative estimate of drug-likeness (QED) is 0.775. The lowest BCUT2D eigenvalue weighted by molar-refractivity contribution is 0.575. The zero-order chi connectivity index (χ0) is 12.8. The number of hydrogen-bond acceptors (Lipinski definition) is 2. The molecule has 0 saturated carbocycles. The van der Waals surface area contributed by atoms with Crippen LogP contribution in [-0.4, -0.2) is 13.1 Å². The van der Waals surface area contributed by atoms with Crippen molar-refractivity contribution in [1.82, 2.24) is 0 Å². The first kappa shape index (κ1) is 10.9. The summed E-state index contributed by atoms with van der Waals surface area (Å²) in [6.45, 7) is 1.73. The maximum absolute atomic E-state index is 13.8. The van der Waals surface area contributed by atoms with Gasteiger partial charge in [-0.1, -0.05) is 30.3 Å². The summed E-state index contributed by atoms with van der Waals surface area (Å²) in [5.41, 5.74) is 4.44. The van der Waals surface area contributed by atoms with E-state index in [1.165, 1.54) is 17.2 Å². The minimum Gasteiger partial charge on any atom is -0.379 e. The summed E-state index contributed by atoms with van der Waals surface area (Å²) in [5, 5.41) is 3.25. The van der Waals surface area contributed by atoms with Crippen molar-refractivity contribution >= 4 is 11.4 Å². The van der Waals surface area contributed by atoms with Crippen LogP contribution in [0.3, 0.4) is 0 Å². The Hall–Kier alpha value is -2.03. The fraction of sp³-hybridized carbons (Fsp3) is 0.250. The Balaban J connectivity index is 1.83. The van der Waals surface area contributed by atoms with Gasteiger partial charge >= 0.3 is 0 Å². The van der Waals surface area contributed by atoms with Crippen LogP contribution in [0.2, 0.25) is 0 Å². The van der Waals surface area contributed by atoms with E-state index in [1.807, 2.05) is 6.07 Å². The second-order valence-corrected chi connectivity index (χ2v) is 5.17. The van der Waals surface area contributed by atoms with Crippen LogP contribution in [0.4, 0.5) is 15.8 Å². The third kappa shape index (κ3) is 1.54. The predicted molar refractivity (Wildman–Crippen MR) is 75.1 cm³/mol. The van der Waals surface area contributed by atoms with Crippen LogP contribution in [0.1, 0.15) is 17.2 Å². The molecule has 0 aliphatic carbocycles. The Labute approximate surface area is 111 Å². The normalized spacial score (nSPS) is 20.1. The second-order valence-electron chi connectivity index (χ2n) is 5.17. The minimum atomic E-state index is -0.158. The number of anilines is 2. The standard InChI is InChI=1S/C16H15FN2/c17-13-6-3-7-14-16(13)18-10-15-12-5-2-1-4-11(12)8-9-19(14)15/h1-7,15,18H,8-10H2. The first-order valence-electron chi connectivity index (χ1n) is 6.71. The Morgan fingerprint density at radius 3 is 2.95 bits per heavy atom. The van der Waals surface area contributed by atoms with E-state index in [-0.39, 0.29) is 5.82 Å². The summed E-state index contributed by atoms with van der Waals surface area (Å²) in [7, 11) is 0. The van der Waals surface area contributed by atoms with Gasteiger partial charge in [0.05, 0.1) is 17.4 Å². The van der Waals surface area contributed by atoms with Crippen molar-refractivity contribution in [3.63, 3.8) is 0 Å². The van der Waals surface area contributed by atoms with Crippen LogP contribution >= 0.6 is 0 Å². The highest BCUT2D eigenvalue weighted by molar-refractivity contribution is 5.74. The molecule has 4 rings (SSSR count). The largest absolute Gasteiger partial charge is 0.379 e. The molecule has 0 radical (unpaired) electrons. The average Bonchev–Trinajstić information content (AvgIpc) is 2.47. The average molecular weight is 254 g/mol. The number of nitrogens with zero attached hydrogens (tertiary/aromatic N) is 1. The molecule has 19 heavy (non-hydrogen) atoms. The molecule has 0 aromatic heterocycles. The molecule has 0 spiro atoms. The summed E-state index contributed by atoms with van der Waals surface area (Å²) in [5.74, 6) is -0.158. The van der Waals surface area contributed by atoms with E-state index < -0.39 is 0 Å². The highest BCUT2D eigenvalue weighted by Crippen LogP contribution is 2.41. The molecule has 1 unspecified atom stereocenters. The number of fused-ring (bicyclic) bond motifs is 5. The highest BCUT2D eigenvalue weighted by atomic mass is 19.1. The topological polar surface area (TPSA) is 15.3 Å². The van der Waals surface area contributed by atoms with Crippen LogP contribution < -0.4 is 10.2 Å². The first-order chi connectivity index (χ1) is 9.34. The van der Waals surface area contributed by atoms with Gasteiger partial charge in [0.1, 0.15) is 5.82 Å². The number of benzene rings is 2. The number of hydrogen-bond donors (Lipinski definition) is 1. The third-order valence-corrected chi connectivity index (χ3v) is 4.19. The summed E-state index contributed by atoms with van der Waals surface area (Å²) in [6, 6.07) is 14.2. The number of nitrogens with one attached hydrogen (secondary N) is 1. The van der Waals surface area contributed by atoms with Crippen LogP contribution in [0.5, 0.6) is 0 Å². The van der Waals surface area contributed by atoms with Gasteiger partial charge in [-0.15, -0.1) is 0 Å². The van der Waals surface area contributed by atoms with Crippen LogP contribution in [0.15, 0.2) is 42.5 Å². The molecular weight excluding hydrogens is 239 g/mol. The fourth-order valence-electron chi connectivity index (χ4n) is 3.29. The fourth-order valence-corrected chi connectivity index (χ4v) is 3.29. The number of rotatable bonds is 0. The minimum absolute atomic E-state index is 0.158. The monoisotopic (exact) mass is 254 g/mol. The van der Waals surface area contributed by atoms with E-state index in [2.05, 4.69) is 34.5 Å². The molecule has 0 amide bonds. The SMILES string of the molecule is Fc1cccc2c1NCC1c3ccccc3CCN21. The maximum atomic E-state index is 13.8. The zero-order valence-corrected chi connectivity index (χ0v) is 10.6. The number of para-hydroxylation sites is 1. The highest BCUT2D eigenvalue weighted by Gasteiger charge is 2.32. The summed E-state index contributed by atoms with van der Waals surface area (Å²) >= 11 is 0. The lowest BCUT2D eigenvalue weighted by atomic mass is 9.90. The maximum Gasteiger partial charge on any atom is 0.148 e. The summed E-state index contributed by atoms with van der Waals surface area (Å²) in [6.07, 6.45) is 1.03. The van der Waals surface area contributed by atoms with Crippen molar-refractivity contribution in [2.75, 3.05) is 23.3 Å². The third-order valence-electron chi connectivity index (χ3n) is 4.19.